The maximum absolute atomic E-state index is 12.4. The second-order valence-electron chi connectivity index (χ2n) is 5.58. The van der Waals surface area contributed by atoms with E-state index in [0.717, 1.165) is 0 Å². The molecule has 0 amide bonds. The lowest BCUT2D eigenvalue weighted by Crippen LogP contribution is -2.20. The van der Waals surface area contributed by atoms with Gasteiger partial charge in [-0.05, 0) is 36.4 Å². The second kappa shape index (κ2) is 7.52. The van der Waals surface area contributed by atoms with Crippen LogP contribution in [0.4, 0.5) is 5.69 Å². The highest BCUT2D eigenvalue weighted by molar-refractivity contribution is 5.93. The van der Waals surface area contributed by atoms with E-state index in [1.807, 2.05) is 0 Å². The Morgan fingerprint density at radius 2 is 1.96 bits per heavy atom. The van der Waals surface area contributed by atoms with E-state index in [1.54, 1.807) is 24.3 Å². The van der Waals surface area contributed by atoms with Gasteiger partial charge in [-0.25, -0.2) is 14.3 Å². The highest BCUT2D eigenvalue weighted by Gasteiger charge is 2.15. The van der Waals surface area contributed by atoms with Crippen LogP contribution in [0.25, 0.3) is 5.65 Å². The molecule has 0 aliphatic carbocycles. The molecule has 1 aromatic carbocycles. The first-order valence-electron chi connectivity index (χ1n) is 7.91. The van der Waals surface area contributed by atoms with Crippen LogP contribution in [0.2, 0.25) is 0 Å². The van der Waals surface area contributed by atoms with Gasteiger partial charge in [0.05, 0.1) is 12.0 Å². The van der Waals surface area contributed by atoms with Crippen LogP contribution in [-0.4, -0.2) is 37.6 Å². The molecule has 10 heteroatoms. The monoisotopic (exact) mass is 368 g/mol. The Bertz CT molecular complexity index is 1010. The number of pyridine rings is 1. The molecule has 0 spiro atoms. The Kier molecular flexibility index (Phi) is 4.97. The average molecular weight is 368 g/mol. The molecule has 0 unspecified atom stereocenters. The number of aromatic nitrogens is 3. The minimum Gasteiger partial charge on any atom is -0.481 e. The third-order valence-corrected chi connectivity index (χ3v) is 3.66. The molecule has 0 bridgehead atoms. The summed E-state index contributed by atoms with van der Waals surface area (Å²) in [4.78, 5) is 27.2. The molecule has 2 aromatic heterocycles. The molecule has 0 fully saturated rings. The van der Waals surface area contributed by atoms with Crippen LogP contribution in [-0.2, 0) is 11.2 Å². The molecule has 3 rings (SSSR count). The van der Waals surface area contributed by atoms with Gasteiger partial charge in [-0.15, -0.1) is 0 Å². The topological polar surface area (TPSA) is 156 Å². The number of nitrogens with zero attached hydrogens (tertiary/aromatic N) is 3. The Morgan fingerprint density at radius 3 is 2.63 bits per heavy atom. The van der Waals surface area contributed by atoms with Crippen molar-refractivity contribution in [3.63, 3.8) is 0 Å². The maximum Gasteiger partial charge on any atom is 0.343 e. The van der Waals surface area contributed by atoms with Crippen LogP contribution in [0.5, 0.6) is 5.75 Å². The van der Waals surface area contributed by atoms with Crippen molar-refractivity contribution in [2.24, 2.45) is 5.73 Å². The Morgan fingerprint density at radius 1 is 1.22 bits per heavy atom. The molecular weight excluding hydrogens is 352 g/mol. The predicted molar refractivity (Wildman–Crippen MR) is 95.9 cm³/mol. The van der Waals surface area contributed by atoms with E-state index in [-0.39, 0.29) is 24.6 Å². The van der Waals surface area contributed by atoms with Gasteiger partial charge in [0, 0.05) is 17.8 Å². The number of esters is 1. The number of aryl methyl sites for hydroxylation is 1. The summed E-state index contributed by atoms with van der Waals surface area (Å²) in [5.41, 5.74) is 7.09. The Labute approximate surface area is 153 Å². The van der Waals surface area contributed by atoms with Crippen molar-refractivity contribution in [2.45, 2.75) is 12.8 Å². The Hall–Kier alpha value is -3.95. The fraction of sp³-hybridized carbons (Fsp3) is 0.118. The van der Waals surface area contributed by atoms with Gasteiger partial charge in [0.1, 0.15) is 6.33 Å². The Balaban J connectivity index is 1.79. The highest BCUT2D eigenvalue weighted by Crippen LogP contribution is 2.21. The molecule has 0 aliphatic heterocycles. The van der Waals surface area contributed by atoms with E-state index < -0.39 is 11.9 Å². The molecule has 0 saturated carbocycles. The average Bonchev–Trinajstić information content (AvgIpc) is 3.11. The minimum atomic E-state index is -0.915. The zero-order chi connectivity index (χ0) is 19.4. The van der Waals surface area contributed by atoms with Crippen LogP contribution in [0.1, 0.15) is 22.5 Å². The first-order chi connectivity index (χ1) is 12.9. The number of fused-ring (bicyclic) bond motifs is 1. The molecule has 138 valence electrons. The summed E-state index contributed by atoms with van der Waals surface area (Å²) in [5.74, 6) is -1.50. The molecular formula is C17H16N6O4. The maximum atomic E-state index is 12.4. The van der Waals surface area contributed by atoms with Gasteiger partial charge < -0.3 is 20.9 Å². The van der Waals surface area contributed by atoms with Crippen LogP contribution in [0, 0.1) is 5.41 Å². The summed E-state index contributed by atoms with van der Waals surface area (Å²) in [6.45, 7) is 0. The summed E-state index contributed by atoms with van der Waals surface area (Å²) in [6.07, 6.45) is 1.53. The molecule has 0 saturated heterocycles. The first kappa shape index (κ1) is 17.9. The van der Waals surface area contributed by atoms with Gasteiger partial charge in [-0.1, -0.05) is 0 Å². The van der Waals surface area contributed by atoms with E-state index in [4.69, 9.17) is 21.0 Å². The molecule has 10 nitrogen and oxygen atoms in total. The number of hydrogen-bond acceptors (Lipinski definition) is 6. The number of benzene rings is 1. The van der Waals surface area contributed by atoms with Crippen molar-refractivity contribution in [3.05, 3.63) is 54.0 Å². The number of carbonyl (C=O) groups is 2. The summed E-state index contributed by atoms with van der Waals surface area (Å²) < 4.78 is 6.86. The lowest BCUT2D eigenvalue weighted by atomic mass is 10.2. The van der Waals surface area contributed by atoms with Crippen molar-refractivity contribution >= 4 is 29.2 Å². The van der Waals surface area contributed by atoms with Crippen molar-refractivity contribution in [3.8, 4) is 5.75 Å². The number of nitrogens with two attached hydrogens (primary N) is 1. The van der Waals surface area contributed by atoms with Gasteiger partial charge in [0.25, 0.3) is 0 Å². The van der Waals surface area contributed by atoms with Crippen molar-refractivity contribution in [1.29, 1.82) is 5.41 Å². The number of ether oxygens (including phenoxy) is 1. The van der Waals surface area contributed by atoms with E-state index in [1.165, 1.54) is 23.0 Å². The number of anilines is 1. The number of hydrogen-bond donors (Lipinski definition) is 4. The van der Waals surface area contributed by atoms with E-state index in [9.17, 15) is 9.59 Å². The van der Waals surface area contributed by atoms with Crippen LogP contribution >= 0.6 is 0 Å². The molecule has 0 aliphatic rings. The zero-order valence-electron chi connectivity index (χ0n) is 14.0. The molecule has 2 heterocycles. The van der Waals surface area contributed by atoms with Gasteiger partial charge >= 0.3 is 11.9 Å². The van der Waals surface area contributed by atoms with Gasteiger partial charge in [-0.3, -0.25) is 10.2 Å². The van der Waals surface area contributed by atoms with Crippen molar-refractivity contribution in [2.75, 3.05) is 5.32 Å². The number of rotatable bonds is 6. The predicted octanol–water partition coefficient (Wildman–Crippen LogP) is 1.27. The number of aliphatic carboxylic acids is 1. The van der Waals surface area contributed by atoms with Gasteiger partial charge in [0.2, 0.25) is 0 Å². The fourth-order valence-corrected chi connectivity index (χ4v) is 2.44. The SMILES string of the molecule is N=C(N)Nc1ccc(C(=O)Oc2ccc(CCC(=O)O)n3ncnc23)cc1. The minimum absolute atomic E-state index is 0.0469. The third-order valence-electron chi connectivity index (χ3n) is 3.66. The number of guanidine groups is 1. The second-order valence-corrected chi connectivity index (χ2v) is 5.58. The first-order valence-corrected chi connectivity index (χ1v) is 7.91. The third kappa shape index (κ3) is 4.18. The van der Waals surface area contributed by atoms with E-state index in [0.29, 0.717) is 22.6 Å². The number of nitrogens with one attached hydrogen (secondary N) is 2. The zero-order valence-corrected chi connectivity index (χ0v) is 14.0. The van der Waals surface area contributed by atoms with E-state index in [2.05, 4.69) is 15.4 Å². The molecule has 27 heavy (non-hydrogen) atoms. The number of carboxylic acids is 1. The van der Waals surface area contributed by atoms with Gasteiger partial charge in [-0.2, -0.15) is 5.10 Å². The van der Waals surface area contributed by atoms with Gasteiger partial charge in [0.15, 0.2) is 17.4 Å². The summed E-state index contributed by atoms with van der Waals surface area (Å²) in [5, 5.41) is 22.7. The smallest absolute Gasteiger partial charge is 0.343 e. The van der Waals surface area contributed by atoms with Crippen LogP contribution in [0.3, 0.4) is 0 Å². The lowest BCUT2D eigenvalue weighted by Gasteiger charge is -2.09. The van der Waals surface area contributed by atoms with Crippen molar-refractivity contribution in [1.82, 2.24) is 14.6 Å². The molecule has 3 aromatic rings. The molecule has 0 atom stereocenters. The van der Waals surface area contributed by atoms with Crippen molar-refractivity contribution < 1.29 is 19.4 Å². The normalized spacial score (nSPS) is 10.5. The largest absolute Gasteiger partial charge is 0.481 e. The molecule has 5 N–H and O–H groups in total. The van der Waals surface area contributed by atoms with Crippen LogP contribution < -0.4 is 15.8 Å². The lowest BCUT2D eigenvalue weighted by molar-refractivity contribution is -0.136. The summed E-state index contributed by atoms with van der Waals surface area (Å²) in [6, 6.07) is 9.48. The summed E-state index contributed by atoms with van der Waals surface area (Å²) >= 11 is 0. The molecule has 0 radical (unpaired) electrons. The number of carboxylic acid groups (broad SMARTS) is 1. The van der Waals surface area contributed by atoms with E-state index >= 15 is 0 Å². The fourth-order valence-electron chi connectivity index (χ4n) is 2.44. The highest BCUT2D eigenvalue weighted by atomic mass is 16.5. The van der Waals surface area contributed by atoms with Crippen LogP contribution in [0.15, 0.2) is 42.7 Å². The summed E-state index contributed by atoms with van der Waals surface area (Å²) in [7, 11) is 0. The quantitative estimate of drug-likeness (QED) is 0.288. The standard InChI is InChI=1S/C17H16N6O4/c18-17(19)22-11-3-1-10(2-4-11)16(26)27-13-7-5-12(6-8-14(24)25)23-15(13)20-9-21-23/h1-5,7,9H,6,8H2,(H,24,25)(H4,18,19,22). The number of carbonyl (C=O) groups excluding carboxylic acids is 1.